The van der Waals surface area contributed by atoms with Gasteiger partial charge in [0.25, 0.3) is 0 Å². The molecule has 0 bridgehead atoms. The Morgan fingerprint density at radius 2 is 2.04 bits per heavy atom. The predicted molar refractivity (Wildman–Crippen MR) is 91.6 cm³/mol. The monoisotopic (exact) mass is 358 g/mol. The molecule has 2 unspecified atom stereocenters. The van der Waals surface area contributed by atoms with Crippen molar-refractivity contribution in [2.45, 2.75) is 25.1 Å². The first-order valence-corrected chi connectivity index (χ1v) is 9.41. The molecule has 0 aliphatic carbocycles. The third kappa shape index (κ3) is 3.83. The molecule has 0 amide bonds. The number of sulfonamides is 1. The van der Waals surface area contributed by atoms with Crippen LogP contribution in [0.3, 0.4) is 0 Å². The van der Waals surface area contributed by atoms with E-state index in [0.717, 1.165) is 5.56 Å². The van der Waals surface area contributed by atoms with Gasteiger partial charge in [-0.15, -0.1) is 0 Å². The first-order chi connectivity index (χ1) is 11.3. The van der Waals surface area contributed by atoms with Gasteiger partial charge in [-0.1, -0.05) is 26.0 Å². The van der Waals surface area contributed by atoms with Gasteiger partial charge in [-0.25, -0.2) is 13.1 Å². The van der Waals surface area contributed by atoms with Gasteiger partial charge in [0.1, 0.15) is 5.25 Å². The highest BCUT2D eigenvalue weighted by molar-refractivity contribution is 7.90. The molecule has 0 radical (unpaired) electrons. The van der Waals surface area contributed by atoms with E-state index in [0.29, 0.717) is 18.0 Å². The van der Waals surface area contributed by atoms with Crippen molar-refractivity contribution >= 4 is 10.0 Å². The summed E-state index contributed by atoms with van der Waals surface area (Å²) in [5, 5.41) is 0.832. The van der Waals surface area contributed by atoms with Crippen molar-refractivity contribution in [3.05, 3.63) is 23.8 Å². The fraction of sp³-hybridized carbons (Fsp3) is 0.625. The Morgan fingerprint density at radius 1 is 1.33 bits per heavy atom. The van der Waals surface area contributed by atoms with Crippen LogP contribution in [0.4, 0.5) is 0 Å². The summed E-state index contributed by atoms with van der Waals surface area (Å²) < 4.78 is 38.9. The standard InChI is InChI=1S/C16H26N2O5S/c1-11(2)9-17-24(19,20)14-10-23-18(3)15(14)12-7-6-8-13(21-4)16(12)22-5/h6-8,11,14-15,17H,9-10H2,1-5H3. The van der Waals surface area contributed by atoms with Gasteiger partial charge in [0, 0.05) is 19.2 Å². The molecule has 2 rings (SSSR count). The van der Waals surface area contributed by atoms with E-state index < -0.39 is 21.3 Å². The van der Waals surface area contributed by atoms with Gasteiger partial charge in [0.05, 0.1) is 26.9 Å². The second kappa shape index (κ2) is 7.69. The Bertz CT molecular complexity index is 662. The average molecular weight is 358 g/mol. The second-order valence-electron chi connectivity index (χ2n) is 6.20. The fourth-order valence-electron chi connectivity index (χ4n) is 2.79. The quantitative estimate of drug-likeness (QED) is 0.797. The van der Waals surface area contributed by atoms with E-state index in [1.165, 1.54) is 7.11 Å². The van der Waals surface area contributed by atoms with E-state index in [1.807, 2.05) is 26.0 Å². The molecule has 8 heteroatoms. The molecule has 0 saturated carbocycles. The van der Waals surface area contributed by atoms with E-state index in [-0.39, 0.29) is 12.5 Å². The van der Waals surface area contributed by atoms with E-state index in [2.05, 4.69) is 4.72 Å². The summed E-state index contributed by atoms with van der Waals surface area (Å²) in [6.07, 6.45) is 0. The highest BCUT2D eigenvalue weighted by Crippen LogP contribution is 2.41. The molecule has 1 aliphatic heterocycles. The Balaban J connectivity index is 2.40. The van der Waals surface area contributed by atoms with Gasteiger partial charge in [0.2, 0.25) is 10.0 Å². The molecule has 136 valence electrons. The highest BCUT2D eigenvalue weighted by atomic mass is 32.2. The number of hydrogen-bond acceptors (Lipinski definition) is 6. The number of rotatable bonds is 7. The molecule has 2 atom stereocenters. The van der Waals surface area contributed by atoms with Gasteiger partial charge in [-0.2, -0.15) is 5.06 Å². The number of hydroxylamine groups is 2. The Hall–Kier alpha value is -1.35. The molecule has 7 nitrogen and oxygen atoms in total. The van der Waals surface area contributed by atoms with Gasteiger partial charge >= 0.3 is 0 Å². The van der Waals surface area contributed by atoms with Gasteiger partial charge in [-0.3, -0.25) is 4.84 Å². The molecule has 1 N–H and O–H groups in total. The number of methoxy groups -OCH3 is 2. The summed E-state index contributed by atoms with van der Waals surface area (Å²) in [6, 6.07) is 4.94. The molecule has 1 aromatic carbocycles. The van der Waals surface area contributed by atoms with Crippen LogP contribution in [-0.4, -0.2) is 53.1 Å². The van der Waals surface area contributed by atoms with Gasteiger partial charge in [0.15, 0.2) is 11.5 Å². The maximum atomic E-state index is 12.7. The third-order valence-corrected chi connectivity index (χ3v) is 5.79. The van der Waals surface area contributed by atoms with Crippen LogP contribution in [0, 0.1) is 5.92 Å². The SMILES string of the molecule is COc1cccc(C2C(S(=O)(=O)NCC(C)C)CON2C)c1OC. The minimum Gasteiger partial charge on any atom is -0.493 e. The molecule has 1 fully saturated rings. The third-order valence-electron chi connectivity index (χ3n) is 4.03. The van der Waals surface area contributed by atoms with E-state index >= 15 is 0 Å². The molecule has 1 aliphatic rings. The Kier molecular flexibility index (Phi) is 6.08. The smallest absolute Gasteiger partial charge is 0.218 e. The highest BCUT2D eigenvalue weighted by Gasteiger charge is 2.44. The Labute approximate surface area is 143 Å². The van der Waals surface area contributed by atoms with Crippen LogP contribution in [0.15, 0.2) is 18.2 Å². The lowest BCUT2D eigenvalue weighted by molar-refractivity contribution is -0.110. The van der Waals surface area contributed by atoms with E-state index in [4.69, 9.17) is 14.3 Å². The molecule has 1 aromatic rings. The number of ether oxygens (including phenoxy) is 2. The number of para-hydroxylation sites is 1. The van der Waals surface area contributed by atoms with Crippen LogP contribution >= 0.6 is 0 Å². The fourth-order valence-corrected chi connectivity index (χ4v) is 4.46. The van der Waals surface area contributed by atoms with Crippen LogP contribution in [0.1, 0.15) is 25.5 Å². The average Bonchev–Trinajstić information content (AvgIpc) is 2.94. The Morgan fingerprint density at radius 3 is 2.62 bits per heavy atom. The zero-order valence-corrected chi connectivity index (χ0v) is 15.6. The van der Waals surface area contributed by atoms with Gasteiger partial charge in [-0.05, 0) is 12.0 Å². The van der Waals surface area contributed by atoms with Crippen LogP contribution in [-0.2, 0) is 14.9 Å². The summed E-state index contributed by atoms with van der Waals surface area (Å²) in [4.78, 5) is 5.52. The summed E-state index contributed by atoms with van der Waals surface area (Å²) in [7, 11) is 1.27. The van der Waals surface area contributed by atoms with Crippen molar-refractivity contribution in [2.75, 3.05) is 34.4 Å². The normalized spacial score (nSPS) is 22.1. The maximum absolute atomic E-state index is 12.7. The molecule has 0 spiro atoms. The van der Waals surface area contributed by atoms with Crippen LogP contribution < -0.4 is 14.2 Å². The minimum absolute atomic E-state index is 0.0922. The van der Waals surface area contributed by atoms with Gasteiger partial charge < -0.3 is 9.47 Å². The van der Waals surface area contributed by atoms with Crippen molar-refractivity contribution in [1.82, 2.24) is 9.79 Å². The number of nitrogens with zero attached hydrogens (tertiary/aromatic N) is 1. The summed E-state index contributed by atoms with van der Waals surface area (Å²) in [5.41, 5.74) is 0.719. The van der Waals surface area contributed by atoms with Crippen LogP contribution in [0.2, 0.25) is 0 Å². The number of nitrogens with one attached hydrogen (secondary N) is 1. The molecule has 1 saturated heterocycles. The summed E-state index contributed by atoms with van der Waals surface area (Å²) >= 11 is 0. The zero-order valence-electron chi connectivity index (χ0n) is 14.8. The van der Waals surface area contributed by atoms with Crippen LogP contribution in [0.5, 0.6) is 11.5 Å². The van der Waals surface area contributed by atoms with Crippen molar-refractivity contribution in [3.63, 3.8) is 0 Å². The molecule has 0 aromatic heterocycles. The second-order valence-corrected chi connectivity index (χ2v) is 8.18. The number of hydrogen-bond donors (Lipinski definition) is 1. The van der Waals surface area contributed by atoms with Crippen molar-refractivity contribution in [2.24, 2.45) is 5.92 Å². The molecular weight excluding hydrogens is 332 g/mol. The van der Waals surface area contributed by atoms with Crippen LogP contribution in [0.25, 0.3) is 0 Å². The predicted octanol–water partition coefficient (Wildman–Crippen LogP) is 1.57. The lowest BCUT2D eigenvalue weighted by atomic mass is 10.0. The summed E-state index contributed by atoms with van der Waals surface area (Å²) in [5.74, 6) is 1.30. The molecular formula is C16H26N2O5S. The maximum Gasteiger partial charge on any atom is 0.218 e. The van der Waals surface area contributed by atoms with E-state index in [9.17, 15) is 8.42 Å². The zero-order chi connectivity index (χ0) is 17.9. The van der Waals surface area contributed by atoms with Crippen molar-refractivity contribution < 1.29 is 22.7 Å². The van der Waals surface area contributed by atoms with E-state index in [1.54, 1.807) is 25.3 Å². The first-order valence-electron chi connectivity index (χ1n) is 7.87. The lowest BCUT2D eigenvalue weighted by Crippen LogP contribution is -2.40. The first kappa shape index (κ1) is 19.0. The number of benzene rings is 1. The minimum atomic E-state index is -3.54. The largest absolute Gasteiger partial charge is 0.493 e. The summed E-state index contributed by atoms with van der Waals surface area (Å²) in [6.45, 7) is 4.41. The molecule has 1 heterocycles. The van der Waals surface area contributed by atoms with Crippen molar-refractivity contribution in [1.29, 1.82) is 0 Å². The van der Waals surface area contributed by atoms with Crippen molar-refractivity contribution in [3.8, 4) is 11.5 Å². The molecule has 24 heavy (non-hydrogen) atoms. The topological polar surface area (TPSA) is 77.1 Å². The lowest BCUT2D eigenvalue weighted by Gasteiger charge is -2.25.